The van der Waals surface area contributed by atoms with Crippen LogP contribution in [0.5, 0.6) is 0 Å². The van der Waals surface area contributed by atoms with E-state index in [0.29, 0.717) is 0 Å². The minimum Gasteiger partial charge on any atom is 1.00 e. The van der Waals surface area contributed by atoms with Crippen LogP contribution in [0.25, 0.3) is 0 Å². The van der Waals surface area contributed by atoms with Gasteiger partial charge in [-0.05, 0) is 39.7 Å². The molecule has 0 heterocycles. The molecule has 0 atom stereocenters. The molecule has 0 aromatic carbocycles. The van der Waals surface area contributed by atoms with Gasteiger partial charge in [0, 0.05) is 27.9 Å². The summed E-state index contributed by atoms with van der Waals surface area (Å²) in [7, 11) is 3.45. The van der Waals surface area contributed by atoms with Crippen LogP contribution in [0, 0.1) is 24.2 Å². The van der Waals surface area contributed by atoms with Crippen molar-refractivity contribution in [3.8, 4) is 17.8 Å². The summed E-state index contributed by atoms with van der Waals surface area (Å²) in [6.07, 6.45) is 9.21. The van der Waals surface area contributed by atoms with Crippen LogP contribution in [-0.4, -0.2) is 36.5 Å². The number of carbonyl (C=O) groups excluding carboxylic acids is 3. The summed E-state index contributed by atoms with van der Waals surface area (Å²) < 4.78 is 0. The molecule has 0 aliphatic heterocycles. The van der Waals surface area contributed by atoms with Crippen molar-refractivity contribution < 1.29 is 38.2 Å². The number of hydrogen-bond acceptors (Lipinski definition) is 3. The van der Waals surface area contributed by atoms with E-state index in [9.17, 15) is 14.4 Å². The van der Waals surface area contributed by atoms with Gasteiger partial charge in [-0.25, -0.2) is 0 Å². The van der Waals surface area contributed by atoms with E-state index in [1.54, 1.807) is 34.0 Å². The molecule has 0 radical (unpaired) electrons. The third-order valence-electron chi connectivity index (χ3n) is 1.33. The van der Waals surface area contributed by atoms with Crippen molar-refractivity contribution in [3.63, 3.8) is 0 Å². The van der Waals surface area contributed by atoms with Crippen molar-refractivity contribution in [3.05, 3.63) is 18.6 Å². The predicted molar refractivity (Wildman–Crippen MR) is 129 cm³/mol. The van der Waals surface area contributed by atoms with E-state index < -0.39 is 0 Å². The summed E-state index contributed by atoms with van der Waals surface area (Å²) in [5.74, 6) is 6.92. The average molecular weight is 731 g/mol. The van der Waals surface area contributed by atoms with Gasteiger partial charge in [0.2, 0.25) is 11.7 Å². The first-order valence-electron chi connectivity index (χ1n) is 6.69. The van der Waals surface area contributed by atoms with E-state index in [1.165, 1.54) is 31.7 Å². The van der Waals surface area contributed by atoms with Crippen LogP contribution in [0.2, 0.25) is 0 Å². The molecule has 0 unspecified atom stereocenters. The number of halogens is 3. The summed E-state index contributed by atoms with van der Waals surface area (Å²) in [6, 6.07) is 0. The Balaban J connectivity index is -0.0000000487. The van der Waals surface area contributed by atoms with Gasteiger partial charge in [0.15, 0.2) is 5.78 Å². The zero-order valence-corrected chi connectivity index (χ0v) is 24.8. The Morgan fingerprint density at radius 1 is 1.04 bits per heavy atom. The number of ketones is 2. The molecule has 144 valence electrons. The number of hydrogen-bond donors (Lipinski definition) is 0. The van der Waals surface area contributed by atoms with Gasteiger partial charge in [-0.3, -0.25) is 14.4 Å². The second-order valence-corrected chi connectivity index (χ2v) is 39.3. The zero-order chi connectivity index (χ0) is 21.4. The molecule has 0 aromatic rings. The molecule has 0 rings (SSSR count). The first kappa shape index (κ1) is 41.4. The van der Waals surface area contributed by atoms with Gasteiger partial charge in [0.05, 0.1) is 0 Å². The number of nitrogens with zero attached hydrogens (tertiary/aromatic N) is 1. The van der Waals surface area contributed by atoms with Gasteiger partial charge in [0.1, 0.15) is 0 Å². The third kappa shape index (κ3) is 119. The summed E-state index contributed by atoms with van der Waals surface area (Å²) in [4.78, 5) is 31.1. The molecule has 0 spiro atoms. The Morgan fingerprint density at radius 3 is 1.31 bits per heavy atom. The van der Waals surface area contributed by atoms with Crippen LogP contribution in [0.3, 0.4) is 0 Å². The standard InChI is InChI=1S/C5H8O.C5H6O.C4H9NO.C3H3.3HI.Li.V/c2*1-3-4-5(2)6;1-4(6)5(2)3;1-3-2;;;;;/h3-4H,1-2H3;1-2H3;1-3H3;1H3;3*1H;;/q;;;-1;;;;+1;+3/p-3. The Labute approximate surface area is 209 Å². The Bertz CT molecular complexity index is 477. The van der Waals surface area contributed by atoms with E-state index in [-0.39, 0.29) is 41.3 Å². The average Bonchev–Trinajstić information content (AvgIpc) is 2.39. The van der Waals surface area contributed by atoms with Crippen molar-refractivity contribution >= 4 is 77.4 Å². The topological polar surface area (TPSA) is 54.5 Å². The smallest absolute Gasteiger partial charge is 1.00 e. The summed E-state index contributed by atoms with van der Waals surface area (Å²) in [5.41, 5.74) is 0. The van der Waals surface area contributed by atoms with Crippen LogP contribution < -0.4 is 18.9 Å². The molecule has 26 heavy (non-hydrogen) atoms. The van der Waals surface area contributed by atoms with Crippen molar-refractivity contribution in [2.75, 3.05) is 14.1 Å². The summed E-state index contributed by atoms with van der Waals surface area (Å²) >= 11 is 7.39. The fourth-order valence-electron chi connectivity index (χ4n) is 0.411. The molecule has 0 fully saturated rings. The van der Waals surface area contributed by atoms with Gasteiger partial charge in [-0.15, -0.1) is 0 Å². The van der Waals surface area contributed by atoms with Crippen LogP contribution in [-0.2, 0) is 19.3 Å². The van der Waals surface area contributed by atoms with E-state index in [1.807, 2.05) is 12.8 Å². The molecule has 9 heteroatoms. The molecule has 0 bridgehead atoms. The molecular weight excluding hydrogens is 705 g/mol. The first-order chi connectivity index (χ1) is 11.3. The van der Waals surface area contributed by atoms with Crippen molar-refractivity contribution in [2.45, 2.75) is 41.5 Å². The monoisotopic (exact) mass is 731 g/mol. The fraction of sp³-hybridized carbons (Fsp3) is 0.471. The van der Waals surface area contributed by atoms with Gasteiger partial charge in [-0.2, -0.15) is 0 Å². The number of carbonyl (C=O) groups is 3. The quantitative estimate of drug-likeness (QED) is 0.104. The maximum absolute atomic E-state index is 10.1. The Morgan fingerprint density at radius 2 is 1.31 bits per heavy atom. The SMILES string of the molecule is CC#CC(C)=O.CC(=O)N(C)C.CC=CC(C)=O.[C-]#CC.[I][V]([I])[I].[Li+]. The Kier molecular flexibility index (Phi) is 58.8. The second-order valence-electron chi connectivity index (χ2n) is 3.90. The Hall–Kier alpha value is 1.04. The van der Waals surface area contributed by atoms with E-state index in [2.05, 4.69) is 71.8 Å². The summed E-state index contributed by atoms with van der Waals surface area (Å²) in [6.45, 7) is 9.50. The maximum Gasteiger partial charge on any atom is 1.00 e. The largest absolute Gasteiger partial charge is 1.00 e. The number of Topliss-reactive ketones (excluding diaryl/α,β-unsaturated/α-hetero) is 1. The molecule has 4 nitrogen and oxygen atoms in total. The number of amides is 1. The van der Waals surface area contributed by atoms with Gasteiger partial charge in [0.25, 0.3) is 0 Å². The van der Waals surface area contributed by atoms with Crippen molar-refractivity contribution in [1.82, 2.24) is 4.90 Å². The third-order valence-corrected chi connectivity index (χ3v) is 1.33. The molecular formula is C17H26I3LiNO3V. The van der Waals surface area contributed by atoms with Crippen LogP contribution >= 0.6 is 59.9 Å². The van der Waals surface area contributed by atoms with E-state index in [0.717, 1.165) is 0 Å². The van der Waals surface area contributed by atoms with Crippen LogP contribution in [0.15, 0.2) is 12.2 Å². The minimum absolute atomic E-state index is 0. The van der Waals surface area contributed by atoms with Gasteiger partial charge < -0.3 is 17.2 Å². The molecule has 0 aromatic heterocycles. The van der Waals surface area contributed by atoms with Crippen molar-refractivity contribution in [1.29, 1.82) is 0 Å². The summed E-state index contributed by atoms with van der Waals surface area (Å²) in [5, 5.41) is 0. The van der Waals surface area contributed by atoms with Crippen LogP contribution in [0.4, 0.5) is 0 Å². The van der Waals surface area contributed by atoms with Gasteiger partial charge >= 0.3 is 83.7 Å². The van der Waals surface area contributed by atoms with E-state index >= 15 is 0 Å². The van der Waals surface area contributed by atoms with Crippen LogP contribution in [0.1, 0.15) is 41.5 Å². The predicted octanol–water partition coefficient (Wildman–Crippen LogP) is 2.10. The molecule has 0 aliphatic rings. The van der Waals surface area contributed by atoms with E-state index in [4.69, 9.17) is 6.42 Å². The zero-order valence-electron chi connectivity index (χ0n) is 16.9. The number of allylic oxidation sites excluding steroid dienone is 2. The van der Waals surface area contributed by atoms with Gasteiger partial charge in [-0.1, -0.05) is 12.0 Å². The molecule has 1 amide bonds. The molecule has 0 saturated heterocycles. The normalized spacial score (nSPS) is 7.04. The molecule has 0 N–H and O–H groups in total. The first-order valence-corrected chi connectivity index (χ1v) is 20.2. The second kappa shape index (κ2) is 36.9. The van der Waals surface area contributed by atoms with Crippen molar-refractivity contribution in [2.24, 2.45) is 0 Å². The minimum atomic E-state index is -0.278. The number of rotatable bonds is 1. The molecule has 0 saturated carbocycles. The maximum atomic E-state index is 10.1. The molecule has 0 aliphatic carbocycles. The fourth-order valence-corrected chi connectivity index (χ4v) is 0.411.